The zero-order chi connectivity index (χ0) is 17.9. The molecule has 0 amide bonds. The average Bonchev–Trinajstić information content (AvgIpc) is 3.30. The predicted molar refractivity (Wildman–Crippen MR) is 104 cm³/mol. The van der Waals surface area contributed by atoms with Crippen LogP contribution in [0.25, 0.3) is 10.6 Å². The molecule has 1 aromatic heterocycles. The third-order valence-electron chi connectivity index (χ3n) is 4.93. The summed E-state index contributed by atoms with van der Waals surface area (Å²) in [6, 6.07) is 6.46. The van der Waals surface area contributed by atoms with Crippen LogP contribution in [0.5, 0.6) is 11.5 Å². The van der Waals surface area contributed by atoms with Gasteiger partial charge >= 0.3 is 0 Å². The lowest BCUT2D eigenvalue weighted by Gasteiger charge is -2.34. The van der Waals surface area contributed by atoms with Gasteiger partial charge in [0.2, 0.25) is 6.79 Å². The normalized spacial score (nSPS) is 19.0. The molecule has 4 rings (SSSR count). The highest BCUT2D eigenvalue weighted by Gasteiger charge is 2.17. The number of hydrogen-bond acceptors (Lipinski definition) is 7. The number of hydrogen-bond donors (Lipinski definition) is 1. The minimum atomic E-state index is 0.303. The molecule has 1 saturated heterocycles. The number of likely N-dealkylation sites (N-methyl/N-ethyl adjacent to an activating group) is 1. The standard InChI is InChI=1S/C19H26N4O2S/c1-14(11-23-7-5-22(2)6-8-23)20-10-16-12-26-19(21-16)15-3-4-17-18(9-15)25-13-24-17/h3-4,9,12,14,20H,5-8,10-11,13H2,1-2H3. The number of aromatic nitrogens is 1. The third-order valence-corrected chi connectivity index (χ3v) is 5.87. The predicted octanol–water partition coefficient (Wildman–Crippen LogP) is 2.26. The van der Waals surface area contributed by atoms with Crippen LogP contribution in [0.2, 0.25) is 0 Å². The molecule has 0 aliphatic carbocycles. The van der Waals surface area contributed by atoms with Crippen LogP contribution < -0.4 is 14.8 Å². The third kappa shape index (κ3) is 4.17. The molecular formula is C19H26N4O2S. The van der Waals surface area contributed by atoms with Crippen LogP contribution in [-0.4, -0.2) is 67.4 Å². The summed E-state index contributed by atoms with van der Waals surface area (Å²) < 4.78 is 10.8. The Morgan fingerprint density at radius 3 is 2.85 bits per heavy atom. The van der Waals surface area contributed by atoms with Gasteiger partial charge in [-0.25, -0.2) is 4.98 Å². The summed E-state index contributed by atoms with van der Waals surface area (Å²) in [5.74, 6) is 1.61. The Balaban J connectivity index is 1.29. The highest BCUT2D eigenvalue weighted by molar-refractivity contribution is 7.13. The minimum Gasteiger partial charge on any atom is -0.454 e. The van der Waals surface area contributed by atoms with Crippen molar-refractivity contribution in [2.45, 2.75) is 19.5 Å². The van der Waals surface area contributed by atoms with E-state index in [0.717, 1.165) is 67.0 Å². The Labute approximate surface area is 158 Å². The van der Waals surface area contributed by atoms with Gasteiger partial charge in [0.25, 0.3) is 0 Å². The van der Waals surface area contributed by atoms with E-state index in [-0.39, 0.29) is 0 Å². The fourth-order valence-electron chi connectivity index (χ4n) is 3.31. The maximum Gasteiger partial charge on any atom is 0.231 e. The molecule has 1 N–H and O–H groups in total. The van der Waals surface area contributed by atoms with Crippen molar-refractivity contribution in [3.63, 3.8) is 0 Å². The van der Waals surface area contributed by atoms with E-state index in [4.69, 9.17) is 14.5 Å². The summed E-state index contributed by atoms with van der Waals surface area (Å²) in [6.07, 6.45) is 0. The molecule has 0 radical (unpaired) electrons. The monoisotopic (exact) mass is 374 g/mol. The molecule has 2 aromatic rings. The maximum atomic E-state index is 5.46. The van der Waals surface area contributed by atoms with Gasteiger partial charge in [0, 0.05) is 56.3 Å². The largest absolute Gasteiger partial charge is 0.454 e. The van der Waals surface area contributed by atoms with Crippen molar-refractivity contribution >= 4 is 11.3 Å². The summed E-state index contributed by atoms with van der Waals surface area (Å²) >= 11 is 1.67. The van der Waals surface area contributed by atoms with E-state index in [2.05, 4.69) is 34.5 Å². The first kappa shape index (κ1) is 17.7. The van der Waals surface area contributed by atoms with Crippen molar-refractivity contribution < 1.29 is 9.47 Å². The zero-order valence-corrected chi connectivity index (χ0v) is 16.2. The molecule has 7 heteroatoms. The van der Waals surface area contributed by atoms with Gasteiger partial charge in [0.05, 0.1) is 5.69 Å². The summed E-state index contributed by atoms with van der Waals surface area (Å²) in [5, 5.41) is 6.76. The fourth-order valence-corrected chi connectivity index (χ4v) is 4.13. The molecule has 2 aliphatic heterocycles. The number of fused-ring (bicyclic) bond motifs is 1. The van der Waals surface area contributed by atoms with Crippen molar-refractivity contribution in [1.29, 1.82) is 0 Å². The van der Waals surface area contributed by atoms with Crippen molar-refractivity contribution in [3.05, 3.63) is 29.3 Å². The van der Waals surface area contributed by atoms with Gasteiger partial charge in [-0.05, 0) is 32.2 Å². The van der Waals surface area contributed by atoms with Crippen molar-refractivity contribution in [2.24, 2.45) is 0 Å². The first-order chi connectivity index (χ1) is 12.7. The van der Waals surface area contributed by atoms with E-state index in [1.807, 2.05) is 18.2 Å². The second kappa shape index (κ2) is 7.92. The SMILES string of the molecule is CC(CN1CCN(C)CC1)NCc1csc(-c2ccc3c(c2)OCO3)n1. The molecular weight excluding hydrogens is 348 g/mol. The number of rotatable bonds is 6. The topological polar surface area (TPSA) is 49.9 Å². The van der Waals surface area contributed by atoms with Crippen LogP contribution in [0.15, 0.2) is 23.6 Å². The number of nitrogens with one attached hydrogen (secondary N) is 1. The second-order valence-corrected chi connectivity index (χ2v) is 7.96. The highest BCUT2D eigenvalue weighted by atomic mass is 32.1. The van der Waals surface area contributed by atoms with E-state index in [9.17, 15) is 0 Å². The van der Waals surface area contributed by atoms with Gasteiger partial charge < -0.3 is 19.7 Å². The van der Waals surface area contributed by atoms with Gasteiger partial charge in [-0.2, -0.15) is 0 Å². The van der Waals surface area contributed by atoms with Gasteiger partial charge in [-0.1, -0.05) is 0 Å². The zero-order valence-electron chi connectivity index (χ0n) is 15.4. The van der Waals surface area contributed by atoms with Crippen molar-refractivity contribution in [3.8, 4) is 22.1 Å². The van der Waals surface area contributed by atoms with Crippen molar-refractivity contribution in [1.82, 2.24) is 20.1 Å². The van der Waals surface area contributed by atoms with Gasteiger partial charge in [0.15, 0.2) is 11.5 Å². The number of benzene rings is 1. The Kier molecular flexibility index (Phi) is 5.40. The van der Waals surface area contributed by atoms with E-state index in [0.29, 0.717) is 12.8 Å². The van der Waals surface area contributed by atoms with E-state index in [1.165, 1.54) is 0 Å². The van der Waals surface area contributed by atoms with Crippen LogP contribution in [0.3, 0.4) is 0 Å². The summed E-state index contributed by atoms with van der Waals surface area (Å²) in [5.41, 5.74) is 2.17. The maximum absolute atomic E-state index is 5.46. The molecule has 2 aliphatic rings. The van der Waals surface area contributed by atoms with E-state index in [1.54, 1.807) is 11.3 Å². The molecule has 1 fully saturated rings. The Bertz CT molecular complexity index is 743. The Morgan fingerprint density at radius 1 is 1.19 bits per heavy atom. The molecule has 0 spiro atoms. The first-order valence-corrected chi connectivity index (χ1v) is 10.0. The van der Waals surface area contributed by atoms with Crippen molar-refractivity contribution in [2.75, 3.05) is 46.6 Å². The van der Waals surface area contributed by atoms with Gasteiger partial charge in [0.1, 0.15) is 5.01 Å². The minimum absolute atomic E-state index is 0.303. The van der Waals surface area contributed by atoms with Gasteiger partial charge in [-0.15, -0.1) is 11.3 Å². The number of piperazine rings is 1. The lowest BCUT2D eigenvalue weighted by Crippen LogP contribution is -2.48. The summed E-state index contributed by atoms with van der Waals surface area (Å²) in [4.78, 5) is 9.70. The molecule has 3 heterocycles. The molecule has 1 aromatic carbocycles. The van der Waals surface area contributed by atoms with Gasteiger partial charge in [-0.3, -0.25) is 4.90 Å². The lowest BCUT2D eigenvalue weighted by molar-refractivity contribution is 0.144. The van der Waals surface area contributed by atoms with Crippen LogP contribution in [0.4, 0.5) is 0 Å². The highest BCUT2D eigenvalue weighted by Crippen LogP contribution is 2.36. The van der Waals surface area contributed by atoms with E-state index >= 15 is 0 Å². The fraction of sp³-hybridized carbons (Fsp3) is 0.526. The van der Waals surface area contributed by atoms with Crippen LogP contribution in [-0.2, 0) is 6.54 Å². The van der Waals surface area contributed by atoms with Crippen LogP contribution in [0, 0.1) is 0 Å². The first-order valence-electron chi connectivity index (χ1n) is 9.16. The quantitative estimate of drug-likeness (QED) is 0.837. The van der Waals surface area contributed by atoms with Crippen LogP contribution >= 0.6 is 11.3 Å². The smallest absolute Gasteiger partial charge is 0.231 e. The lowest BCUT2D eigenvalue weighted by atomic mass is 10.2. The summed E-state index contributed by atoms with van der Waals surface area (Å²) in [7, 11) is 2.19. The molecule has 140 valence electrons. The Hall–Kier alpha value is -1.67. The molecule has 0 saturated carbocycles. The molecule has 1 atom stereocenters. The summed E-state index contributed by atoms with van der Waals surface area (Å²) in [6.45, 7) is 9.10. The second-order valence-electron chi connectivity index (χ2n) is 7.10. The number of nitrogens with zero attached hydrogens (tertiary/aromatic N) is 3. The average molecular weight is 375 g/mol. The molecule has 1 unspecified atom stereocenters. The molecule has 26 heavy (non-hydrogen) atoms. The molecule has 0 bridgehead atoms. The molecule has 6 nitrogen and oxygen atoms in total. The number of thiazole rings is 1. The Morgan fingerprint density at radius 2 is 2.00 bits per heavy atom. The van der Waals surface area contributed by atoms with E-state index < -0.39 is 0 Å². The van der Waals surface area contributed by atoms with Crippen LogP contribution in [0.1, 0.15) is 12.6 Å². The number of ether oxygens (including phenoxy) is 2.